The Kier molecular flexibility index (Phi) is 19.6. The van der Waals surface area contributed by atoms with Gasteiger partial charge in [0, 0.05) is 64.1 Å². The minimum atomic E-state index is -1.27. The number of carboxylic acid groups (broad SMARTS) is 1. The number of allylic oxidation sites excluding steroid dienone is 2. The zero-order chi connectivity index (χ0) is 50.7. The van der Waals surface area contributed by atoms with Gasteiger partial charge in [-0.1, -0.05) is 0 Å². The number of carbonyl (C=O) groups is 1. The van der Waals surface area contributed by atoms with Gasteiger partial charge in [0.1, 0.15) is 44.8 Å². The number of hydrogen-bond acceptors (Lipinski definition) is 23. The molecule has 68 heavy (non-hydrogen) atoms. The van der Waals surface area contributed by atoms with E-state index >= 15 is 0 Å². The molecule has 350 valence electrons. The van der Waals surface area contributed by atoms with Gasteiger partial charge in [-0.2, -0.15) is 10.5 Å². The van der Waals surface area contributed by atoms with Crippen molar-refractivity contribution in [3.8, 4) is 46.6 Å². The number of aliphatic hydroxyl groups excluding tert-OH is 2. The zero-order valence-electron chi connectivity index (χ0n) is 35.1. The number of aromatic nitrogens is 3. The second-order valence-electron chi connectivity index (χ2n) is 12.0. The number of benzene rings is 3. The summed E-state index contributed by atoms with van der Waals surface area (Å²) in [5.41, 5.74) is -2.24. The van der Waals surface area contributed by atoms with Crippen LogP contribution in [0.1, 0.15) is 36.5 Å². The Morgan fingerprint density at radius 2 is 1.07 bits per heavy atom. The van der Waals surface area contributed by atoms with Gasteiger partial charge in [-0.25, -0.2) is 26.3 Å². The maximum absolute atomic E-state index is 11.2. The second-order valence-corrected chi connectivity index (χ2v) is 14.8. The normalized spacial score (nSPS) is 10.7. The molecule has 28 heteroatoms. The van der Waals surface area contributed by atoms with Crippen molar-refractivity contribution in [3.05, 3.63) is 145 Å². The predicted octanol–water partition coefficient (Wildman–Crippen LogP) is 8.30. The molecule has 6 rings (SSSR count). The van der Waals surface area contributed by atoms with Gasteiger partial charge in [0.05, 0.1) is 48.8 Å². The van der Waals surface area contributed by atoms with Gasteiger partial charge in [0.2, 0.25) is 17.2 Å². The lowest BCUT2D eigenvalue weighted by Crippen LogP contribution is -2.02. The van der Waals surface area contributed by atoms with E-state index in [1.54, 1.807) is 23.0 Å². The minimum absolute atomic E-state index is 0.00843. The SMILES string of the molecule is COc1cc(/C(O)=C(\C#N)c2nccs2)cc([N+](=O)[O-])c1OC.COc1cc(C(=O)O)cc([N+](=O)[O-])c1OC.N#C/C(=C(/O)c1cc(O)c(O)c([N+](=O)[O-])c1)c1nccs1.[C-]#[N+]Cc1nccs1. The van der Waals surface area contributed by atoms with Crippen molar-refractivity contribution in [3.63, 3.8) is 0 Å². The van der Waals surface area contributed by atoms with Crippen molar-refractivity contribution in [1.29, 1.82) is 10.5 Å². The van der Waals surface area contributed by atoms with Crippen molar-refractivity contribution < 1.29 is 64.0 Å². The van der Waals surface area contributed by atoms with E-state index in [-0.39, 0.29) is 61.5 Å². The van der Waals surface area contributed by atoms with Crippen molar-refractivity contribution in [1.82, 2.24) is 15.0 Å². The highest BCUT2D eigenvalue weighted by atomic mass is 32.1. The molecule has 5 N–H and O–H groups in total. The molecule has 0 saturated carbocycles. The predicted molar refractivity (Wildman–Crippen MR) is 243 cm³/mol. The number of thiazole rings is 3. The monoisotopic (exact) mass is 989 g/mol. The fourth-order valence-corrected chi connectivity index (χ4v) is 6.89. The van der Waals surface area contributed by atoms with Crippen LogP contribution in [0.4, 0.5) is 17.1 Å². The topological polar surface area (TPSA) is 375 Å². The molecule has 0 fully saturated rings. The van der Waals surface area contributed by atoms with Gasteiger partial charge in [0.15, 0.2) is 22.3 Å². The Labute approximate surface area is 394 Å². The lowest BCUT2D eigenvalue weighted by molar-refractivity contribution is -0.386. The summed E-state index contributed by atoms with van der Waals surface area (Å²) in [4.78, 5) is 56.0. The average Bonchev–Trinajstić information content (AvgIpc) is 4.16. The van der Waals surface area contributed by atoms with Gasteiger partial charge >= 0.3 is 23.0 Å². The zero-order valence-corrected chi connectivity index (χ0v) is 37.6. The van der Waals surface area contributed by atoms with Crippen LogP contribution < -0.4 is 18.9 Å². The third-order valence-electron chi connectivity index (χ3n) is 8.06. The maximum atomic E-state index is 11.2. The first-order chi connectivity index (χ1) is 32.4. The van der Waals surface area contributed by atoms with Crippen LogP contribution in [0, 0.1) is 59.6 Å². The number of aromatic hydroxyl groups is 2. The molecule has 3 aromatic heterocycles. The van der Waals surface area contributed by atoms with Crippen molar-refractivity contribution in [2.45, 2.75) is 6.54 Å². The van der Waals surface area contributed by atoms with Crippen LogP contribution in [0.5, 0.6) is 34.5 Å². The molecule has 0 aliphatic heterocycles. The minimum Gasteiger partial charge on any atom is -0.506 e. The molecule has 0 spiro atoms. The number of carboxylic acids is 1. The first-order valence-corrected chi connectivity index (χ1v) is 20.5. The molecule has 0 radical (unpaired) electrons. The standard InChI is InChI=1S/C14H11N3O5S.C12H7N3O5S.C9H9NO6.C5H4N2S/c1-21-11-6-8(5-10(17(19)20)13(11)22-2)12(18)9(7-15)14-16-3-4-23-14;13-5-7(12-14-1-2-21-12)10(17)6-3-8(15(19)20)11(18)9(16)4-6;1-15-7-4-5(9(11)12)3-6(10(13)14)8(7)16-2;1-6-4-5-7-2-3-8-5/h3-6,18H,1-2H3;1-4,16-18H;3-4H,1-2H3,(H,11,12);2-3H,4H2/b12-9-;10-7-;;. The quantitative estimate of drug-likeness (QED) is 0.0181. The van der Waals surface area contributed by atoms with E-state index < -0.39 is 55.1 Å². The number of methoxy groups -OCH3 is 4. The van der Waals surface area contributed by atoms with E-state index in [2.05, 4.69) is 19.8 Å². The van der Waals surface area contributed by atoms with Gasteiger partial charge in [0.25, 0.3) is 6.54 Å². The molecule has 0 saturated heterocycles. The Hall–Kier alpha value is -9.43. The number of hydrogen-bond donors (Lipinski definition) is 5. The van der Waals surface area contributed by atoms with Crippen LogP contribution in [-0.2, 0) is 6.54 Å². The summed E-state index contributed by atoms with van der Waals surface area (Å²) in [6, 6.07) is 9.93. The molecule has 0 aliphatic rings. The molecular formula is C40H31N9O16S3. The number of aromatic carboxylic acids is 1. The van der Waals surface area contributed by atoms with Gasteiger partial charge in [-0.05, 0) is 18.2 Å². The molecule has 0 aliphatic carbocycles. The number of phenols is 2. The highest BCUT2D eigenvalue weighted by Crippen LogP contribution is 2.42. The van der Waals surface area contributed by atoms with Crippen LogP contribution in [0.3, 0.4) is 0 Å². The van der Waals surface area contributed by atoms with Crippen LogP contribution in [0.2, 0.25) is 0 Å². The lowest BCUT2D eigenvalue weighted by Gasteiger charge is -2.10. The van der Waals surface area contributed by atoms with Gasteiger partial charge < -0.3 is 49.3 Å². The van der Waals surface area contributed by atoms with E-state index in [0.717, 1.165) is 46.7 Å². The van der Waals surface area contributed by atoms with E-state index in [9.17, 15) is 60.8 Å². The number of ether oxygens (including phenoxy) is 4. The van der Waals surface area contributed by atoms with Gasteiger partial charge in [-0.3, -0.25) is 30.3 Å². The van der Waals surface area contributed by atoms with Crippen LogP contribution in [0.15, 0.2) is 71.1 Å². The lowest BCUT2D eigenvalue weighted by atomic mass is 10.1. The summed E-state index contributed by atoms with van der Waals surface area (Å²) in [6.07, 6.45) is 4.63. The Balaban J connectivity index is 0.000000252. The first-order valence-electron chi connectivity index (χ1n) is 17.9. The fourth-order valence-electron chi connectivity index (χ4n) is 5.09. The summed E-state index contributed by atoms with van der Waals surface area (Å²) >= 11 is 3.79. The first kappa shape index (κ1) is 52.9. The Bertz CT molecular complexity index is 2980. The number of aliphatic hydroxyl groups is 2. The number of nitrogens with zero attached hydrogens (tertiary/aromatic N) is 9. The number of phenolic OH excluding ortho intramolecular Hbond substituents is 2. The van der Waals surface area contributed by atoms with Crippen molar-refractivity contribution in [2.75, 3.05) is 28.4 Å². The molecular weight excluding hydrogens is 959 g/mol. The van der Waals surface area contributed by atoms with Gasteiger partial charge in [-0.15, -0.1) is 34.0 Å². The summed E-state index contributed by atoms with van der Waals surface area (Å²) in [7, 11) is 5.10. The number of nitro groups is 3. The fraction of sp³-hybridized carbons (Fsp3) is 0.125. The van der Waals surface area contributed by atoms with Crippen LogP contribution in [-0.4, -0.2) is 89.7 Å². The molecule has 25 nitrogen and oxygen atoms in total. The molecule has 0 amide bonds. The summed E-state index contributed by atoms with van der Waals surface area (Å²) in [5, 5.41) is 106. The summed E-state index contributed by atoms with van der Waals surface area (Å²) in [6.45, 7) is 6.90. The van der Waals surface area contributed by atoms with Crippen LogP contribution in [0.25, 0.3) is 27.5 Å². The highest BCUT2D eigenvalue weighted by molar-refractivity contribution is 7.11. The van der Waals surface area contributed by atoms with Crippen molar-refractivity contribution in [2.24, 2.45) is 0 Å². The third kappa shape index (κ3) is 13.3. The van der Waals surface area contributed by atoms with E-state index in [1.807, 2.05) is 11.4 Å². The average molecular weight is 990 g/mol. The summed E-state index contributed by atoms with van der Waals surface area (Å²) < 4.78 is 19.7. The van der Waals surface area contributed by atoms with Crippen LogP contribution >= 0.6 is 34.0 Å². The van der Waals surface area contributed by atoms with E-state index in [1.165, 1.54) is 69.6 Å². The molecule has 3 aromatic carbocycles. The second kappa shape index (κ2) is 25.2. The molecule has 0 unspecified atom stereocenters. The largest absolute Gasteiger partial charge is 0.506 e. The number of nitriles is 2. The highest BCUT2D eigenvalue weighted by Gasteiger charge is 2.26. The Morgan fingerprint density at radius 1 is 0.662 bits per heavy atom. The molecule has 6 aromatic rings. The van der Waals surface area contributed by atoms with Crippen molar-refractivity contribution >= 4 is 79.7 Å². The number of nitro benzene ring substituents is 3. The molecule has 0 bridgehead atoms. The Morgan fingerprint density at radius 3 is 1.43 bits per heavy atom. The molecule has 0 atom stereocenters. The molecule has 3 heterocycles. The van der Waals surface area contributed by atoms with E-state index in [4.69, 9.17) is 35.9 Å². The smallest absolute Gasteiger partial charge is 0.336 e. The van der Waals surface area contributed by atoms with E-state index in [0.29, 0.717) is 11.6 Å². The number of rotatable bonds is 13. The third-order valence-corrected chi connectivity index (χ3v) is 10.4. The summed E-state index contributed by atoms with van der Waals surface area (Å²) in [5.74, 6) is -4.05. The maximum Gasteiger partial charge on any atom is 0.336 e.